The van der Waals surface area contributed by atoms with E-state index >= 15 is 0 Å². The number of hydrogen-bond donors (Lipinski definition) is 1. The molecule has 2 fully saturated rings. The normalized spacial score (nSPS) is 31.2. The first-order chi connectivity index (χ1) is 8.70. The first kappa shape index (κ1) is 13.8. The topological polar surface area (TPSA) is 47.6 Å². The molecule has 1 saturated carbocycles. The molecule has 0 aromatic carbocycles. The lowest BCUT2D eigenvalue weighted by Crippen LogP contribution is -2.51. The van der Waals surface area contributed by atoms with Crippen molar-refractivity contribution in [3.05, 3.63) is 0 Å². The monoisotopic (exact) mass is 255 g/mol. The predicted molar refractivity (Wildman–Crippen MR) is 69.4 cm³/mol. The molecule has 1 aliphatic heterocycles. The fourth-order valence-electron chi connectivity index (χ4n) is 3.06. The molecule has 1 N–H and O–H groups in total. The zero-order valence-corrected chi connectivity index (χ0v) is 11.5. The van der Waals surface area contributed by atoms with Crippen LogP contribution in [0.3, 0.4) is 0 Å². The van der Waals surface area contributed by atoms with Gasteiger partial charge in [0.15, 0.2) is 0 Å². The zero-order chi connectivity index (χ0) is 13.0. The van der Waals surface area contributed by atoms with Crippen molar-refractivity contribution in [3.63, 3.8) is 0 Å². The quantitative estimate of drug-likeness (QED) is 0.781. The second-order valence-electron chi connectivity index (χ2n) is 5.56. The van der Waals surface area contributed by atoms with Gasteiger partial charge < -0.3 is 9.47 Å². The van der Waals surface area contributed by atoms with Gasteiger partial charge in [0.25, 0.3) is 0 Å². The molecule has 0 aromatic rings. The molecule has 18 heavy (non-hydrogen) atoms. The van der Waals surface area contributed by atoms with Crippen LogP contribution in [0.4, 0.5) is 0 Å². The molecule has 0 radical (unpaired) electrons. The fraction of sp³-hybridized carbons (Fsp3) is 0.929. The van der Waals surface area contributed by atoms with E-state index in [9.17, 15) is 4.79 Å². The van der Waals surface area contributed by atoms with Crippen LogP contribution in [0.1, 0.15) is 51.9 Å². The third-order valence-corrected chi connectivity index (χ3v) is 4.11. The molecule has 2 aliphatic rings. The van der Waals surface area contributed by atoms with E-state index in [0.717, 1.165) is 25.7 Å². The number of hydrogen-bond acceptors (Lipinski definition) is 4. The summed E-state index contributed by atoms with van der Waals surface area (Å²) in [5.41, 5.74) is 0. The van der Waals surface area contributed by atoms with E-state index in [1.807, 2.05) is 0 Å². The van der Waals surface area contributed by atoms with Crippen molar-refractivity contribution in [1.82, 2.24) is 5.32 Å². The maximum Gasteiger partial charge on any atom is 0.325 e. The van der Waals surface area contributed by atoms with Crippen molar-refractivity contribution >= 4 is 5.97 Å². The van der Waals surface area contributed by atoms with Gasteiger partial charge in [-0.15, -0.1) is 0 Å². The minimum Gasteiger partial charge on any atom is -0.468 e. The number of rotatable bonds is 4. The summed E-state index contributed by atoms with van der Waals surface area (Å²) in [6.45, 7) is 2.06. The molecule has 4 heteroatoms. The van der Waals surface area contributed by atoms with Gasteiger partial charge in [0.1, 0.15) is 6.04 Å². The smallest absolute Gasteiger partial charge is 0.325 e. The maximum absolute atomic E-state index is 11.9. The number of ether oxygens (including phenoxy) is 2. The average molecular weight is 255 g/mol. The summed E-state index contributed by atoms with van der Waals surface area (Å²) in [4.78, 5) is 11.9. The highest BCUT2D eigenvalue weighted by Crippen LogP contribution is 2.24. The van der Waals surface area contributed by atoms with Crippen molar-refractivity contribution in [2.24, 2.45) is 0 Å². The maximum atomic E-state index is 11.9. The molecule has 0 spiro atoms. The standard InChI is InChI=1S/C14H25NO3/c1-10-8-9-12(18-10)13(14(16)17-2)15-11-6-4-3-5-7-11/h10-13,15H,3-9H2,1-2H3. The number of nitrogens with one attached hydrogen (secondary N) is 1. The van der Waals surface area contributed by atoms with E-state index < -0.39 is 0 Å². The Kier molecular flexibility index (Phi) is 5.01. The zero-order valence-electron chi connectivity index (χ0n) is 11.5. The van der Waals surface area contributed by atoms with Crippen molar-refractivity contribution in [2.75, 3.05) is 7.11 Å². The van der Waals surface area contributed by atoms with Gasteiger partial charge in [-0.2, -0.15) is 0 Å². The minimum absolute atomic E-state index is 0.0191. The Balaban J connectivity index is 1.93. The van der Waals surface area contributed by atoms with Crippen molar-refractivity contribution in [3.8, 4) is 0 Å². The second kappa shape index (κ2) is 6.53. The van der Waals surface area contributed by atoms with Crippen LogP contribution in [0, 0.1) is 0 Å². The Hall–Kier alpha value is -0.610. The molecule has 1 heterocycles. The summed E-state index contributed by atoms with van der Waals surface area (Å²) in [5.74, 6) is -0.181. The van der Waals surface area contributed by atoms with E-state index in [0.29, 0.717) is 6.04 Å². The molecule has 2 rings (SSSR count). The summed E-state index contributed by atoms with van der Waals surface area (Å²) >= 11 is 0. The molecule has 1 aliphatic carbocycles. The largest absolute Gasteiger partial charge is 0.468 e. The molecule has 104 valence electrons. The summed E-state index contributed by atoms with van der Waals surface area (Å²) in [6.07, 6.45) is 8.38. The summed E-state index contributed by atoms with van der Waals surface area (Å²) < 4.78 is 10.7. The van der Waals surface area contributed by atoms with Gasteiger partial charge in [-0.25, -0.2) is 0 Å². The van der Waals surface area contributed by atoms with E-state index in [2.05, 4.69) is 12.2 Å². The van der Waals surface area contributed by atoms with Gasteiger partial charge >= 0.3 is 5.97 Å². The molecular formula is C14H25NO3. The van der Waals surface area contributed by atoms with E-state index in [1.165, 1.54) is 26.4 Å². The first-order valence-corrected chi connectivity index (χ1v) is 7.20. The van der Waals surface area contributed by atoms with Gasteiger partial charge in [-0.05, 0) is 32.6 Å². The highest BCUT2D eigenvalue weighted by Gasteiger charge is 2.36. The summed E-state index contributed by atoms with van der Waals surface area (Å²) in [7, 11) is 1.45. The van der Waals surface area contributed by atoms with Gasteiger partial charge in [0.05, 0.1) is 19.3 Å². The summed E-state index contributed by atoms with van der Waals surface area (Å²) in [5, 5.41) is 3.47. The van der Waals surface area contributed by atoms with Crippen LogP contribution in [0.2, 0.25) is 0 Å². The third-order valence-electron chi connectivity index (χ3n) is 4.11. The highest BCUT2D eigenvalue weighted by molar-refractivity contribution is 5.76. The van der Waals surface area contributed by atoms with Crippen LogP contribution in [0.25, 0.3) is 0 Å². The molecule has 0 bridgehead atoms. The minimum atomic E-state index is -0.289. The molecule has 3 unspecified atom stereocenters. The van der Waals surface area contributed by atoms with Crippen LogP contribution in [-0.2, 0) is 14.3 Å². The second-order valence-corrected chi connectivity index (χ2v) is 5.56. The third kappa shape index (κ3) is 3.45. The van der Waals surface area contributed by atoms with Crippen molar-refractivity contribution < 1.29 is 14.3 Å². The van der Waals surface area contributed by atoms with Gasteiger partial charge in [-0.3, -0.25) is 10.1 Å². The van der Waals surface area contributed by atoms with Crippen LogP contribution < -0.4 is 5.32 Å². The van der Waals surface area contributed by atoms with Crippen LogP contribution >= 0.6 is 0 Å². The fourth-order valence-corrected chi connectivity index (χ4v) is 3.06. The predicted octanol–water partition coefficient (Wildman–Crippen LogP) is 2.02. The Labute approximate surface area is 109 Å². The van der Waals surface area contributed by atoms with Crippen molar-refractivity contribution in [1.29, 1.82) is 0 Å². The highest BCUT2D eigenvalue weighted by atomic mass is 16.5. The van der Waals surface area contributed by atoms with E-state index in [-0.39, 0.29) is 24.2 Å². The molecular weight excluding hydrogens is 230 g/mol. The number of carbonyl (C=O) groups excluding carboxylic acids is 1. The van der Waals surface area contributed by atoms with Gasteiger partial charge in [0.2, 0.25) is 0 Å². The molecule has 3 atom stereocenters. The Morgan fingerprint density at radius 3 is 2.50 bits per heavy atom. The van der Waals surface area contributed by atoms with E-state index in [4.69, 9.17) is 9.47 Å². The Bertz CT molecular complexity index is 276. The number of methoxy groups -OCH3 is 1. The number of esters is 1. The van der Waals surface area contributed by atoms with Crippen LogP contribution in [-0.4, -0.2) is 37.4 Å². The SMILES string of the molecule is COC(=O)C(NC1CCCCC1)C1CCC(C)O1. The first-order valence-electron chi connectivity index (χ1n) is 7.20. The molecule has 0 amide bonds. The van der Waals surface area contributed by atoms with Crippen LogP contribution in [0.5, 0.6) is 0 Å². The Morgan fingerprint density at radius 2 is 1.94 bits per heavy atom. The lowest BCUT2D eigenvalue weighted by molar-refractivity contribution is -0.147. The number of carbonyl (C=O) groups is 1. The Morgan fingerprint density at radius 1 is 1.22 bits per heavy atom. The molecule has 4 nitrogen and oxygen atoms in total. The summed E-state index contributed by atoms with van der Waals surface area (Å²) in [6, 6.07) is 0.158. The van der Waals surface area contributed by atoms with Crippen molar-refractivity contribution in [2.45, 2.75) is 76.2 Å². The molecule has 1 saturated heterocycles. The van der Waals surface area contributed by atoms with Gasteiger partial charge in [-0.1, -0.05) is 19.3 Å². The van der Waals surface area contributed by atoms with Gasteiger partial charge in [0, 0.05) is 6.04 Å². The average Bonchev–Trinajstić information content (AvgIpc) is 2.83. The molecule has 0 aromatic heterocycles. The lowest BCUT2D eigenvalue weighted by atomic mass is 9.94. The van der Waals surface area contributed by atoms with E-state index in [1.54, 1.807) is 0 Å². The lowest BCUT2D eigenvalue weighted by Gasteiger charge is -2.30. The van der Waals surface area contributed by atoms with Crippen LogP contribution in [0.15, 0.2) is 0 Å².